The van der Waals surface area contributed by atoms with E-state index < -0.39 is 5.63 Å². The summed E-state index contributed by atoms with van der Waals surface area (Å²) < 4.78 is 16.4. The molecule has 3 aromatic carbocycles. The molecule has 7 heteroatoms. The predicted molar refractivity (Wildman–Crippen MR) is 126 cm³/mol. The van der Waals surface area contributed by atoms with Crippen molar-refractivity contribution in [3.8, 4) is 11.5 Å². The molecule has 0 unspecified atom stereocenters. The van der Waals surface area contributed by atoms with Crippen molar-refractivity contribution in [2.45, 2.75) is 13.3 Å². The normalized spacial score (nSPS) is 11.1. The molecule has 5 rings (SSSR count). The molecule has 0 saturated heterocycles. The summed E-state index contributed by atoms with van der Waals surface area (Å²) >= 11 is 0. The van der Waals surface area contributed by atoms with E-state index in [1.807, 2.05) is 54.6 Å². The lowest BCUT2D eigenvalue weighted by molar-refractivity contribution is -0.140. The van der Waals surface area contributed by atoms with Gasteiger partial charge in [0.05, 0.1) is 6.61 Å². The van der Waals surface area contributed by atoms with E-state index in [9.17, 15) is 9.59 Å². The van der Waals surface area contributed by atoms with Gasteiger partial charge in [-0.2, -0.15) is 0 Å². The first-order chi connectivity index (χ1) is 16.1. The fourth-order valence-electron chi connectivity index (χ4n) is 3.65. The number of esters is 1. The van der Waals surface area contributed by atoms with Crippen LogP contribution < -0.4 is 10.9 Å². The van der Waals surface area contributed by atoms with E-state index in [1.54, 1.807) is 18.2 Å². The molecule has 0 aliphatic rings. The molecular weight excluding hydrogens is 420 g/mol. The van der Waals surface area contributed by atoms with Gasteiger partial charge in [0.1, 0.15) is 16.7 Å². The smallest absolute Gasteiger partial charge is 0.349 e. The van der Waals surface area contributed by atoms with Crippen LogP contribution in [0.4, 0.5) is 11.4 Å². The zero-order valence-corrected chi connectivity index (χ0v) is 17.8. The van der Waals surface area contributed by atoms with Crippen molar-refractivity contribution in [2.75, 3.05) is 11.9 Å². The molecule has 0 radical (unpaired) electrons. The summed E-state index contributed by atoms with van der Waals surface area (Å²) in [4.78, 5) is 28.1. The number of ether oxygens (including phenoxy) is 1. The van der Waals surface area contributed by atoms with Gasteiger partial charge in [-0.1, -0.05) is 30.3 Å². The molecule has 33 heavy (non-hydrogen) atoms. The summed E-state index contributed by atoms with van der Waals surface area (Å²) in [6, 6.07) is 22.4. The first-order valence-electron chi connectivity index (χ1n) is 10.5. The van der Waals surface area contributed by atoms with Gasteiger partial charge in [-0.05, 0) is 42.0 Å². The number of anilines is 2. The van der Waals surface area contributed by atoms with Crippen LogP contribution in [0.2, 0.25) is 0 Å². The van der Waals surface area contributed by atoms with E-state index in [1.165, 1.54) is 6.92 Å². The van der Waals surface area contributed by atoms with Crippen LogP contribution in [0.25, 0.3) is 33.5 Å². The van der Waals surface area contributed by atoms with Crippen LogP contribution in [0.5, 0.6) is 0 Å². The predicted octanol–water partition coefficient (Wildman–Crippen LogP) is 5.45. The van der Waals surface area contributed by atoms with E-state index in [2.05, 4.69) is 10.3 Å². The highest BCUT2D eigenvalue weighted by molar-refractivity contribution is 5.85. The minimum Gasteiger partial charge on any atom is -0.466 e. The number of hydrogen-bond acceptors (Lipinski definition) is 7. The summed E-state index contributed by atoms with van der Waals surface area (Å²) in [6.45, 7) is 1.70. The van der Waals surface area contributed by atoms with Gasteiger partial charge >= 0.3 is 11.6 Å². The third kappa shape index (κ3) is 4.34. The Labute approximate surface area is 188 Å². The molecule has 7 nitrogen and oxygen atoms in total. The van der Waals surface area contributed by atoms with Crippen molar-refractivity contribution in [1.82, 2.24) is 4.98 Å². The van der Waals surface area contributed by atoms with Gasteiger partial charge in [-0.3, -0.25) is 4.79 Å². The number of oxazole rings is 1. The highest BCUT2D eigenvalue weighted by Crippen LogP contribution is 2.28. The average Bonchev–Trinajstić information content (AvgIpc) is 3.23. The number of fused-ring (bicyclic) bond motifs is 2. The van der Waals surface area contributed by atoms with Crippen molar-refractivity contribution < 1.29 is 18.4 Å². The summed E-state index contributed by atoms with van der Waals surface area (Å²) in [7, 11) is 0. The van der Waals surface area contributed by atoms with Crippen molar-refractivity contribution in [3.63, 3.8) is 0 Å². The Morgan fingerprint density at radius 2 is 1.79 bits per heavy atom. The molecule has 164 valence electrons. The van der Waals surface area contributed by atoms with E-state index in [4.69, 9.17) is 13.6 Å². The molecular formula is C26H20N2O5. The SMILES string of the molecule is CC(=O)OCCc1ccccc1Nc1ccc2cc(-c3nc4ccccc4o3)c(=O)oc2c1. The Morgan fingerprint density at radius 3 is 2.64 bits per heavy atom. The van der Waals surface area contributed by atoms with Crippen molar-refractivity contribution >= 4 is 39.4 Å². The van der Waals surface area contributed by atoms with Gasteiger partial charge in [0.15, 0.2) is 5.58 Å². The number of aromatic nitrogens is 1. The number of carbonyl (C=O) groups excluding carboxylic acids is 1. The molecule has 5 aromatic rings. The quantitative estimate of drug-likeness (QED) is 0.277. The van der Waals surface area contributed by atoms with Crippen LogP contribution in [0, 0.1) is 0 Å². The summed E-state index contributed by atoms with van der Waals surface area (Å²) in [5, 5.41) is 4.10. The maximum Gasteiger partial charge on any atom is 0.349 e. The highest BCUT2D eigenvalue weighted by atomic mass is 16.5. The molecule has 2 heterocycles. The number of hydrogen-bond donors (Lipinski definition) is 1. The fraction of sp³-hybridized carbons (Fsp3) is 0.115. The average molecular weight is 440 g/mol. The van der Waals surface area contributed by atoms with Gasteiger partial charge in [0, 0.05) is 36.2 Å². The fourth-order valence-corrected chi connectivity index (χ4v) is 3.65. The Bertz CT molecular complexity index is 1500. The Hall–Kier alpha value is -4.39. The Morgan fingerprint density at radius 1 is 0.970 bits per heavy atom. The first kappa shape index (κ1) is 20.5. The Balaban J connectivity index is 1.43. The number of rotatable bonds is 6. The number of benzene rings is 3. The molecule has 0 aliphatic carbocycles. The Kier molecular flexibility index (Phi) is 5.36. The zero-order valence-electron chi connectivity index (χ0n) is 17.8. The number of carbonyl (C=O) groups is 1. The van der Waals surface area contributed by atoms with Crippen LogP contribution in [0.1, 0.15) is 12.5 Å². The maximum absolute atomic E-state index is 12.7. The van der Waals surface area contributed by atoms with Crippen LogP contribution >= 0.6 is 0 Å². The monoisotopic (exact) mass is 440 g/mol. The third-order valence-electron chi connectivity index (χ3n) is 5.23. The second-order valence-corrected chi connectivity index (χ2v) is 7.56. The largest absolute Gasteiger partial charge is 0.466 e. The van der Waals surface area contributed by atoms with Crippen molar-refractivity contribution in [2.24, 2.45) is 0 Å². The van der Waals surface area contributed by atoms with Gasteiger partial charge < -0.3 is 18.9 Å². The van der Waals surface area contributed by atoms with Gasteiger partial charge in [0.25, 0.3) is 0 Å². The molecule has 0 atom stereocenters. The summed E-state index contributed by atoms with van der Waals surface area (Å²) in [6.07, 6.45) is 0.583. The van der Waals surface area contributed by atoms with Gasteiger partial charge in [-0.15, -0.1) is 0 Å². The third-order valence-corrected chi connectivity index (χ3v) is 5.23. The summed E-state index contributed by atoms with van der Waals surface area (Å²) in [5.41, 5.74) is 4.14. The van der Waals surface area contributed by atoms with E-state index >= 15 is 0 Å². The number of nitrogens with zero attached hydrogens (tertiary/aromatic N) is 1. The number of para-hydroxylation sites is 3. The van der Waals surface area contributed by atoms with Crippen LogP contribution in [-0.2, 0) is 16.0 Å². The standard InChI is InChI=1S/C26H20N2O5/c1-16(29)31-13-12-17-6-2-3-7-21(17)27-19-11-10-18-14-20(26(30)33-24(18)15-19)25-28-22-8-4-5-9-23(22)32-25/h2-11,14-15,27H,12-13H2,1H3. The molecule has 0 bridgehead atoms. The molecule has 1 N–H and O–H groups in total. The van der Waals surface area contributed by atoms with E-state index in [0.29, 0.717) is 29.7 Å². The molecule has 0 saturated carbocycles. The van der Waals surface area contributed by atoms with E-state index in [-0.39, 0.29) is 17.4 Å². The highest BCUT2D eigenvalue weighted by Gasteiger charge is 2.15. The zero-order chi connectivity index (χ0) is 22.8. The van der Waals surface area contributed by atoms with Crippen molar-refractivity contribution in [1.29, 1.82) is 0 Å². The topological polar surface area (TPSA) is 94.6 Å². The minimum atomic E-state index is -0.520. The van der Waals surface area contributed by atoms with Gasteiger partial charge in [0.2, 0.25) is 5.89 Å². The molecule has 2 aromatic heterocycles. The van der Waals surface area contributed by atoms with Crippen LogP contribution in [-0.4, -0.2) is 17.6 Å². The number of nitrogens with one attached hydrogen (secondary N) is 1. The minimum absolute atomic E-state index is 0.232. The lowest BCUT2D eigenvalue weighted by atomic mass is 10.1. The molecule has 0 fully saturated rings. The second-order valence-electron chi connectivity index (χ2n) is 7.56. The van der Waals surface area contributed by atoms with Crippen LogP contribution in [0.3, 0.4) is 0 Å². The molecule has 0 spiro atoms. The van der Waals surface area contributed by atoms with Gasteiger partial charge in [-0.25, -0.2) is 9.78 Å². The van der Waals surface area contributed by atoms with Crippen LogP contribution in [0.15, 0.2) is 86.4 Å². The maximum atomic E-state index is 12.7. The lowest BCUT2D eigenvalue weighted by Crippen LogP contribution is -2.05. The van der Waals surface area contributed by atoms with E-state index in [0.717, 1.165) is 22.3 Å². The van der Waals surface area contributed by atoms with Crippen molar-refractivity contribution in [3.05, 3.63) is 88.8 Å². The lowest BCUT2D eigenvalue weighted by Gasteiger charge is -2.12. The second kappa shape index (κ2) is 8.63. The molecule has 0 amide bonds. The molecule has 0 aliphatic heterocycles. The first-order valence-corrected chi connectivity index (χ1v) is 10.5. The summed E-state index contributed by atoms with van der Waals surface area (Å²) in [5.74, 6) is -0.0713.